The average Bonchev–Trinajstić information content (AvgIpc) is 2.30. The molecular weight excluding hydrogens is 315 g/mol. The molecule has 2 unspecified atom stereocenters. The van der Waals surface area contributed by atoms with Crippen LogP contribution in [0.15, 0.2) is 22.7 Å². The van der Waals surface area contributed by atoms with E-state index < -0.39 is 18.0 Å². The number of halogens is 2. The summed E-state index contributed by atoms with van der Waals surface area (Å²) in [7, 11) is 0. The Hall–Kier alpha value is -1.14. The molecule has 19 heavy (non-hydrogen) atoms. The molecule has 0 heterocycles. The largest absolute Gasteiger partial charge is 0.393 e. The molecule has 3 N–H and O–H groups in total. The first-order valence-corrected chi connectivity index (χ1v) is 6.85. The second-order valence-corrected chi connectivity index (χ2v) is 5.50. The minimum Gasteiger partial charge on any atom is -0.393 e. The van der Waals surface area contributed by atoms with Crippen molar-refractivity contribution in [1.82, 2.24) is 5.32 Å². The highest BCUT2D eigenvalue weighted by molar-refractivity contribution is 9.10. The standard InChI is InChI=1S/C13H18BrFN2O2/c1-8(5-9(2)18)7-16-13(19)17-12-6-10(15)3-4-11(12)14/h3-4,6,8-9,18H,5,7H2,1-2H3,(H2,16,17,19). The van der Waals surface area contributed by atoms with Gasteiger partial charge in [-0.15, -0.1) is 0 Å². The number of benzene rings is 1. The van der Waals surface area contributed by atoms with Gasteiger partial charge in [-0.1, -0.05) is 6.92 Å². The lowest BCUT2D eigenvalue weighted by Crippen LogP contribution is -2.33. The van der Waals surface area contributed by atoms with E-state index in [1.165, 1.54) is 18.2 Å². The number of aliphatic hydroxyl groups excluding tert-OH is 1. The number of hydrogen-bond donors (Lipinski definition) is 3. The summed E-state index contributed by atoms with van der Waals surface area (Å²) < 4.78 is 13.6. The maximum atomic E-state index is 13.0. The molecule has 106 valence electrons. The molecule has 0 aliphatic heterocycles. The number of urea groups is 1. The molecule has 0 spiro atoms. The van der Waals surface area contributed by atoms with Crippen LogP contribution in [0, 0.1) is 11.7 Å². The minimum absolute atomic E-state index is 0.168. The van der Waals surface area contributed by atoms with Crippen molar-refractivity contribution in [3.63, 3.8) is 0 Å². The van der Waals surface area contributed by atoms with Gasteiger partial charge >= 0.3 is 6.03 Å². The van der Waals surface area contributed by atoms with E-state index in [9.17, 15) is 14.3 Å². The van der Waals surface area contributed by atoms with E-state index in [4.69, 9.17) is 0 Å². The highest BCUT2D eigenvalue weighted by atomic mass is 79.9. The van der Waals surface area contributed by atoms with Crippen LogP contribution in [0.5, 0.6) is 0 Å². The first-order chi connectivity index (χ1) is 8.88. The van der Waals surface area contributed by atoms with Gasteiger partial charge in [-0.3, -0.25) is 0 Å². The van der Waals surface area contributed by atoms with Crippen molar-refractivity contribution >= 4 is 27.6 Å². The van der Waals surface area contributed by atoms with Gasteiger partial charge in [0, 0.05) is 11.0 Å². The summed E-state index contributed by atoms with van der Waals surface area (Å²) in [4.78, 5) is 11.6. The van der Waals surface area contributed by atoms with E-state index in [-0.39, 0.29) is 5.92 Å². The van der Waals surface area contributed by atoms with Crippen LogP contribution in [-0.2, 0) is 0 Å². The normalized spacial score (nSPS) is 13.7. The van der Waals surface area contributed by atoms with E-state index in [1.54, 1.807) is 6.92 Å². The molecule has 2 atom stereocenters. The van der Waals surface area contributed by atoms with Crippen molar-refractivity contribution in [3.8, 4) is 0 Å². The summed E-state index contributed by atoms with van der Waals surface area (Å²) in [6, 6.07) is 3.67. The number of amides is 2. The third-order valence-corrected chi connectivity index (χ3v) is 3.22. The summed E-state index contributed by atoms with van der Waals surface area (Å²) >= 11 is 3.23. The predicted octanol–water partition coefficient (Wildman–Crippen LogP) is 3.12. The lowest BCUT2D eigenvalue weighted by atomic mass is 10.1. The van der Waals surface area contributed by atoms with Crippen LogP contribution in [0.3, 0.4) is 0 Å². The zero-order valence-electron chi connectivity index (χ0n) is 10.9. The molecule has 4 nitrogen and oxygen atoms in total. The van der Waals surface area contributed by atoms with Gasteiger partial charge in [-0.2, -0.15) is 0 Å². The Morgan fingerprint density at radius 1 is 1.47 bits per heavy atom. The zero-order chi connectivity index (χ0) is 14.4. The van der Waals surface area contributed by atoms with Crippen molar-refractivity contribution in [2.24, 2.45) is 5.92 Å². The number of carbonyl (C=O) groups is 1. The monoisotopic (exact) mass is 332 g/mol. The molecule has 0 aromatic heterocycles. The molecule has 0 fully saturated rings. The van der Waals surface area contributed by atoms with Gasteiger partial charge in [0.25, 0.3) is 0 Å². The van der Waals surface area contributed by atoms with Gasteiger partial charge in [-0.25, -0.2) is 9.18 Å². The fourth-order valence-electron chi connectivity index (χ4n) is 1.69. The molecule has 1 aromatic carbocycles. The Labute approximate surface area is 120 Å². The first kappa shape index (κ1) is 15.9. The maximum absolute atomic E-state index is 13.0. The lowest BCUT2D eigenvalue weighted by molar-refractivity contribution is 0.163. The molecule has 0 radical (unpaired) electrons. The van der Waals surface area contributed by atoms with E-state index >= 15 is 0 Å². The Morgan fingerprint density at radius 3 is 2.79 bits per heavy atom. The molecular formula is C13H18BrFN2O2. The Bertz CT molecular complexity index is 441. The van der Waals surface area contributed by atoms with Crippen LogP contribution in [0.2, 0.25) is 0 Å². The van der Waals surface area contributed by atoms with Crippen LogP contribution < -0.4 is 10.6 Å². The van der Waals surface area contributed by atoms with Crippen LogP contribution in [0.1, 0.15) is 20.3 Å². The first-order valence-electron chi connectivity index (χ1n) is 6.06. The summed E-state index contributed by atoms with van der Waals surface area (Å²) in [6.45, 7) is 4.09. The van der Waals surface area contributed by atoms with Gasteiger partial charge in [-0.05, 0) is 53.4 Å². The van der Waals surface area contributed by atoms with Crippen molar-refractivity contribution in [3.05, 3.63) is 28.5 Å². The number of hydrogen-bond acceptors (Lipinski definition) is 2. The molecule has 1 aromatic rings. The number of anilines is 1. The van der Waals surface area contributed by atoms with E-state index in [0.717, 1.165) is 0 Å². The Morgan fingerprint density at radius 2 is 2.16 bits per heavy atom. The van der Waals surface area contributed by atoms with Crippen LogP contribution in [0.25, 0.3) is 0 Å². The summed E-state index contributed by atoms with van der Waals surface area (Å²) in [5, 5.41) is 14.5. The molecule has 0 aliphatic rings. The van der Waals surface area contributed by atoms with Crippen LogP contribution in [-0.4, -0.2) is 23.8 Å². The zero-order valence-corrected chi connectivity index (χ0v) is 12.5. The molecule has 0 saturated heterocycles. The second-order valence-electron chi connectivity index (χ2n) is 4.65. The summed E-state index contributed by atoms with van der Waals surface area (Å²) in [6.07, 6.45) is 0.224. The predicted molar refractivity (Wildman–Crippen MR) is 76.6 cm³/mol. The van der Waals surface area contributed by atoms with E-state index in [1.807, 2.05) is 6.92 Å². The van der Waals surface area contributed by atoms with Crippen molar-refractivity contribution in [2.45, 2.75) is 26.4 Å². The minimum atomic E-state index is -0.416. The molecule has 0 bridgehead atoms. The molecule has 0 saturated carbocycles. The Balaban J connectivity index is 2.45. The highest BCUT2D eigenvalue weighted by Gasteiger charge is 2.10. The maximum Gasteiger partial charge on any atom is 0.319 e. The van der Waals surface area contributed by atoms with E-state index in [0.29, 0.717) is 23.1 Å². The van der Waals surface area contributed by atoms with Crippen molar-refractivity contribution in [2.75, 3.05) is 11.9 Å². The second kappa shape index (κ2) is 7.45. The number of carbonyl (C=O) groups excluding carboxylic acids is 1. The van der Waals surface area contributed by atoms with Gasteiger partial charge in [0.05, 0.1) is 11.8 Å². The SMILES string of the molecule is CC(O)CC(C)CNC(=O)Nc1cc(F)ccc1Br. The molecule has 2 amide bonds. The molecule has 0 aliphatic carbocycles. The number of nitrogens with one attached hydrogen (secondary N) is 2. The smallest absolute Gasteiger partial charge is 0.319 e. The molecule has 6 heteroatoms. The Kier molecular flexibility index (Phi) is 6.24. The van der Waals surface area contributed by atoms with Crippen LogP contribution in [0.4, 0.5) is 14.9 Å². The lowest BCUT2D eigenvalue weighted by Gasteiger charge is -2.15. The fourth-order valence-corrected chi connectivity index (χ4v) is 2.04. The van der Waals surface area contributed by atoms with Crippen molar-refractivity contribution < 1.29 is 14.3 Å². The van der Waals surface area contributed by atoms with E-state index in [2.05, 4.69) is 26.6 Å². The van der Waals surface area contributed by atoms with Crippen LogP contribution >= 0.6 is 15.9 Å². The average molecular weight is 333 g/mol. The summed E-state index contributed by atoms with van der Waals surface area (Å²) in [5.41, 5.74) is 0.376. The quantitative estimate of drug-likeness (QED) is 0.775. The number of aliphatic hydroxyl groups is 1. The highest BCUT2D eigenvalue weighted by Crippen LogP contribution is 2.22. The molecule has 1 rings (SSSR count). The topological polar surface area (TPSA) is 61.4 Å². The fraction of sp³-hybridized carbons (Fsp3) is 0.462. The third kappa shape index (κ3) is 6.02. The van der Waals surface area contributed by atoms with Gasteiger partial charge in [0.1, 0.15) is 5.82 Å². The summed E-state index contributed by atoms with van der Waals surface area (Å²) in [5.74, 6) is -0.248. The van der Waals surface area contributed by atoms with Crippen molar-refractivity contribution in [1.29, 1.82) is 0 Å². The third-order valence-electron chi connectivity index (χ3n) is 2.53. The van der Waals surface area contributed by atoms with Gasteiger partial charge in [0.15, 0.2) is 0 Å². The van der Waals surface area contributed by atoms with Gasteiger partial charge < -0.3 is 15.7 Å². The number of rotatable bonds is 5. The van der Waals surface area contributed by atoms with Gasteiger partial charge in [0.2, 0.25) is 0 Å².